The zero-order valence-corrected chi connectivity index (χ0v) is 12.8. The lowest BCUT2D eigenvalue weighted by Gasteiger charge is -2.42. The summed E-state index contributed by atoms with van der Waals surface area (Å²) >= 11 is 1.38. The summed E-state index contributed by atoms with van der Waals surface area (Å²) in [4.78, 5) is 16.1. The number of nitrogens with zero attached hydrogens (tertiary/aromatic N) is 4. The van der Waals surface area contributed by atoms with Crippen molar-refractivity contribution in [2.75, 3.05) is 19.7 Å². The number of aromatic amines is 1. The van der Waals surface area contributed by atoms with Gasteiger partial charge in [-0.15, -0.1) is 21.5 Å². The summed E-state index contributed by atoms with van der Waals surface area (Å²) < 4.78 is 0. The van der Waals surface area contributed by atoms with Crippen LogP contribution in [0.2, 0.25) is 0 Å². The number of carbonyl (C=O) groups is 1. The highest BCUT2D eigenvalue weighted by atomic mass is 32.1. The molecular weight excluding hydrogens is 302 g/mol. The van der Waals surface area contributed by atoms with Crippen molar-refractivity contribution in [2.24, 2.45) is 11.3 Å². The van der Waals surface area contributed by atoms with Crippen LogP contribution in [0.25, 0.3) is 10.7 Å². The minimum Gasteiger partial charge on any atom is -0.396 e. The molecule has 0 bridgehead atoms. The molecule has 2 aliphatic rings. The van der Waals surface area contributed by atoms with E-state index in [-0.39, 0.29) is 23.8 Å². The average molecular weight is 319 g/mol. The lowest BCUT2D eigenvalue weighted by molar-refractivity contribution is 0.0523. The van der Waals surface area contributed by atoms with Crippen molar-refractivity contribution in [3.8, 4) is 10.7 Å². The van der Waals surface area contributed by atoms with Gasteiger partial charge in [0.2, 0.25) is 5.82 Å². The molecule has 2 aromatic rings. The number of aromatic nitrogens is 4. The molecule has 4 rings (SSSR count). The van der Waals surface area contributed by atoms with E-state index in [1.165, 1.54) is 17.8 Å². The second-order valence-electron chi connectivity index (χ2n) is 6.18. The summed E-state index contributed by atoms with van der Waals surface area (Å²) in [6.45, 7) is 1.60. The molecule has 1 saturated carbocycles. The SMILES string of the molecule is O=C(c1ccc(-c2nn[nH]n2)s1)N1CC(CO)C2(CCC2)C1. The topological polar surface area (TPSA) is 95.0 Å². The maximum absolute atomic E-state index is 12.7. The molecule has 0 aromatic carbocycles. The Hall–Kier alpha value is -1.80. The average Bonchev–Trinajstić information content (AvgIpc) is 3.21. The molecule has 1 atom stereocenters. The van der Waals surface area contributed by atoms with Crippen LogP contribution < -0.4 is 0 Å². The fourth-order valence-corrected chi connectivity index (χ4v) is 4.54. The largest absolute Gasteiger partial charge is 0.396 e. The van der Waals surface area contributed by atoms with E-state index < -0.39 is 0 Å². The second kappa shape index (κ2) is 5.13. The number of thiophene rings is 1. The minimum atomic E-state index is 0.0435. The molecular formula is C14H17N5O2S. The molecule has 22 heavy (non-hydrogen) atoms. The number of carbonyl (C=O) groups excluding carboxylic acids is 1. The van der Waals surface area contributed by atoms with Crippen LogP contribution in [-0.2, 0) is 0 Å². The number of H-pyrrole nitrogens is 1. The van der Waals surface area contributed by atoms with E-state index in [0.29, 0.717) is 17.2 Å². The van der Waals surface area contributed by atoms with Gasteiger partial charge in [-0.2, -0.15) is 5.21 Å². The first-order valence-electron chi connectivity index (χ1n) is 7.46. The molecule has 1 spiro atoms. The lowest BCUT2D eigenvalue weighted by Crippen LogP contribution is -2.39. The first kappa shape index (κ1) is 13.8. The fourth-order valence-electron chi connectivity index (χ4n) is 3.63. The third kappa shape index (κ3) is 2.05. The van der Waals surface area contributed by atoms with Gasteiger partial charge in [-0.3, -0.25) is 4.79 Å². The van der Waals surface area contributed by atoms with Crippen LogP contribution in [-0.4, -0.2) is 56.2 Å². The van der Waals surface area contributed by atoms with Gasteiger partial charge < -0.3 is 10.0 Å². The Morgan fingerprint density at radius 2 is 2.36 bits per heavy atom. The number of aliphatic hydroxyl groups is 1. The monoisotopic (exact) mass is 319 g/mol. The number of rotatable bonds is 3. The normalized spacial score (nSPS) is 23.0. The number of hydrogen-bond acceptors (Lipinski definition) is 6. The second-order valence-corrected chi connectivity index (χ2v) is 7.26. The van der Waals surface area contributed by atoms with Gasteiger partial charge in [-0.05, 0) is 35.6 Å². The van der Waals surface area contributed by atoms with Gasteiger partial charge >= 0.3 is 0 Å². The van der Waals surface area contributed by atoms with Crippen LogP contribution in [0, 0.1) is 11.3 Å². The summed E-state index contributed by atoms with van der Waals surface area (Å²) in [6.07, 6.45) is 3.46. The van der Waals surface area contributed by atoms with Crippen LogP contribution in [0.4, 0.5) is 0 Å². The zero-order chi connectivity index (χ0) is 15.2. The summed E-state index contributed by atoms with van der Waals surface area (Å²) in [5.41, 5.74) is 0.165. The summed E-state index contributed by atoms with van der Waals surface area (Å²) in [5.74, 6) is 0.776. The van der Waals surface area contributed by atoms with E-state index >= 15 is 0 Å². The Morgan fingerprint density at radius 3 is 2.95 bits per heavy atom. The van der Waals surface area contributed by atoms with Gasteiger partial charge in [0, 0.05) is 25.6 Å². The molecule has 0 radical (unpaired) electrons. The van der Waals surface area contributed by atoms with E-state index in [0.717, 1.165) is 24.3 Å². The maximum Gasteiger partial charge on any atom is 0.263 e. The molecule has 3 heterocycles. The number of likely N-dealkylation sites (tertiary alicyclic amines) is 1. The van der Waals surface area contributed by atoms with Gasteiger partial charge in [0.05, 0.1) is 9.75 Å². The van der Waals surface area contributed by atoms with E-state index in [1.807, 2.05) is 17.0 Å². The van der Waals surface area contributed by atoms with Gasteiger partial charge in [0.1, 0.15) is 0 Å². The molecule has 2 N–H and O–H groups in total. The Balaban J connectivity index is 1.53. The highest BCUT2D eigenvalue weighted by Gasteiger charge is 2.51. The van der Waals surface area contributed by atoms with Gasteiger partial charge in [0.25, 0.3) is 5.91 Å². The summed E-state index contributed by atoms with van der Waals surface area (Å²) in [5, 5.41) is 23.4. The first-order chi connectivity index (χ1) is 10.7. The predicted octanol–water partition coefficient (Wildman–Crippen LogP) is 1.16. The standard InChI is InChI=1S/C14H17N5O2S/c20-7-9-6-19(8-14(9)4-1-5-14)13(21)11-3-2-10(22-11)12-15-17-18-16-12/h2-3,9,20H,1,4-8H2,(H,15,16,17,18). The third-order valence-corrected chi connectivity index (χ3v) is 6.12. The highest BCUT2D eigenvalue weighted by Crippen LogP contribution is 2.51. The van der Waals surface area contributed by atoms with Crippen LogP contribution in [0.1, 0.15) is 28.9 Å². The highest BCUT2D eigenvalue weighted by molar-refractivity contribution is 7.17. The third-order valence-electron chi connectivity index (χ3n) is 5.05. The van der Waals surface area contributed by atoms with Crippen molar-refractivity contribution in [1.82, 2.24) is 25.5 Å². The van der Waals surface area contributed by atoms with E-state index in [4.69, 9.17) is 0 Å². The molecule has 8 heteroatoms. The number of hydrogen-bond donors (Lipinski definition) is 2. The summed E-state index contributed by atoms with van der Waals surface area (Å²) in [7, 11) is 0. The van der Waals surface area contributed by atoms with Crippen molar-refractivity contribution >= 4 is 17.2 Å². The quantitative estimate of drug-likeness (QED) is 0.885. The lowest BCUT2D eigenvalue weighted by atomic mass is 9.63. The van der Waals surface area contributed by atoms with Crippen molar-refractivity contribution in [1.29, 1.82) is 0 Å². The zero-order valence-electron chi connectivity index (χ0n) is 12.0. The van der Waals surface area contributed by atoms with Crippen molar-refractivity contribution in [3.05, 3.63) is 17.0 Å². The molecule has 1 saturated heterocycles. The first-order valence-corrected chi connectivity index (χ1v) is 8.27. The number of aliphatic hydroxyl groups excluding tert-OH is 1. The van der Waals surface area contributed by atoms with Crippen LogP contribution in [0.3, 0.4) is 0 Å². The predicted molar refractivity (Wildman–Crippen MR) is 80.3 cm³/mol. The fraction of sp³-hybridized carbons (Fsp3) is 0.571. The Kier molecular flexibility index (Phi) is 3.23. The maximum atomic E-state index is 12.7. The van der Waals surface area contributed by atoms with Crippen LogP contribution >= 0.6 is 11.3 Å². The van der Waals surface area contributed by atoms with Crippen molar-refractivity contribution in [3.63, 3.8) is 0 Å². The molecule has 1 aliphatic carbocycles. The van der Waals surface area contributed by atoms with Crippen molar-refractivity contribution < 1.29 is 9.90 Å². The number of tetrazole rings is 1. The smallest absolute Gasteiger partial charge is 0.263 e. The molecule has 2 fully saturated rings. The van der Waals surface area contributed by atoms with Gasteiger partial charge in [-0.1, -0.05) is 6.42 Å². The molecule has 116 valence electrons. The number of nitrogens with one attached hydrogen (secondary N) is 1. The van der Waals surface area contributed by atoms with Gasteiger partial charge in [0.15, 0.2) is 0 Å². The molecule has 1 aliphatic heterocycles. The van der Waals surface area contributed by atoms with E-state index in [1.54, 1.807) is 0 Å². The molecule has 2 aromatic heterocycles. The van der Waals surface area contributed by atoms with Gasteiger partial charge in [-0.25, -0.2) is 0 Å². The molecule has 1 amide bonds. The molecule has 1 unspecified atom stereocenters. The molecule has 7 nitrogen and oxygen atoms in total. The minimum absolute atomic E-state index is 0.0435. The Morgan fingerprint density at radius 1 is 1.50 bits per heavy atom. The van der Waals surface area contributed by atoms with Crippen molar-refractivity contribution in [2.45, 2.75) is 19.3 Å². The van der Waals surface area contributed by atoms with Crippen LogP contribution in [0.15, 0.2) is 12.1 Å². The summed E-state index contributed by atoms with van der Waals surface area (Å²) in [6, 6.07) is 3.67. The Labute approximate surface area is 131 Å². The number of amides is 1. The van der Waals surface area contributed by atoms with E-state index in [9.17, 15) is 9.90 Å². The Bertz CT molecular complexity index is 679. The van der Waals surface area contributed by atoms with E-state index in [2.05, 4.69) is 20.6 Å². The van der Waals surface area contributed by atoms with Crippen LogP contribution in [0.5, 0.6) is 0 Å².